The van der Waals surface area contributed by atoms with E-state index in [0.29, 0.717) is 21.9 Å². The lowest BCUT2D eigenvalue weighted by molar-refractivity contribution is 0.103. The van der Waals surface area contributed by atoms with Crippen molar-refractivity contribution in [2.75, 3.05) is 10.0 Å². The van der Waals surface area contributed by atoms with Gasteiger partial charge in [0.15, 0.2) is 0 Å². The first-order valence-electron chi connectivity index (χ1n) is 9.85. The van der Waals surface area contributed by atoms with Crippen molar-refractivity contribution in [3.63, 3.8) is 0 Å². The van der Waals surface area contributed by atoms with Gasteiger partial charge in [0, 0.05) is 16.9 Å². The first-order chi connectivity index (χ1) is 15.3. The van der Waals surface area contributed by atoms with E-state index in [-0.39, 0.29) is 10.8 Å². The molecule has 1 heterocycles. The van der Waals surface area contributed by atoms with Crippen LogP contribution in [0.5, 0.6) is 0 Å². The maximum Gasteiger partial charge on any atom is 0.268 e. The van der Waals surface area contributed by atoms with Crippen LogP contribution < -0.4 is 10.0 Å². The van der Waals surface area contributed by atoms with Gasteiger partial charge in [-0.2, -0.15) is 0 Å². The Morgan fingerprint density at radius 2 is 1.47 bits per heavy atom. The first-order valence-corrected chi connectivity index (χ1v) is 12.2. The number of aryl methyl sites for hydroxylation is 2. The van der Waals surface area contributed by atoms with E-state index < -0.39 is 10.0 Å². The summed E-state index contributed by atoms with van der Waals surface area (Å²) in [6.07, 6.45) is 0. The van der Waals surface area contributed by atoms with E-state index in [1.807, 2.05) is 44.2 Å². The van der Waals surface area contributed by atoms with Crippen molar-refractivity contribution in [3.8, 4) is 11.3 Å². The highest BCUT2D eigenvalue weighted by atomic mass is 32.2. The molecule has 0 aliphatic heterocycles. The Bertz CT molecular complexity index is 1350. The van der Waals surface area contributed by atoms with Crippen LogP contribution in [0.3, 0.4) is 0 Å². The van der Waals surface area contributed by atoms with Crippen molar-refractivity contribution >= 4 is 38.6 Å². The Morgan fingerprint density at radius 3 is 2.12 bits per heavy atom. The molecule has 0 aliphatic carbocycles. The molecule has 0 radical (unpaired) electrons. The number of amides is 1. The predicted molar refractivity (Wildman–Crippen MR) is 129 cm³/mol. The Balaban J connectivity index is 1.49. The summed E-state index contributed by atoms with van der Waals surface area (Å²) in [6.45, 7) is 3.76. The number of rotatable bonds is 6. The second kappa shape index (κ2) is 8.94. The molecule has 0 aliphatic rings. The highest BCUT2D eigenvalue weighted by Crippen LogP contribution is 2.29. The summed E-state index contributed by atoms with van der Waals surface area (Å²) in [5.74, 6) is -0.262. The van der Waals surface area contributed by atoms with Crippen molar-refractivity contribution in [2.45, 2.75) is 18.7 Å². The molecule has 3 aromatic carbocycles. The number of aromatic nitrogens is 1. The average Bonchev–Trinajstić information content (AvgIpc) is 3.18. The average molecular weight is 464 g/mol. The molecule has 2 N–H and O–H groups in total. The maximum atomic E-state index is 12.9. The number of hydrogen-bond acceptors (Lipinski definition) is 5. The van der Waals surface area contributed by atoms with Gasteiger partial charge < -0.3 is 5.32 Å². The minimum Gasteiger partial charge on any atom is -0.321 e. The van der Waals surface area contributed by atoms with Crippen molar-refractivity contribution in [2.24, 2.45) is 0 Å². The van der Waals surface area contributed by atoms with Gasteiger partial charge in [-0.1, -0.05) is 48.0 Å². The molecule has 1 amide bonds. The van der Waals surface area contributed by atoms with Crippen LogP contribution in [-0.4, -0.2) is 19.3 Å². The van der Waals surface area contributed by atoms with E-state index in [0.717, 1.165) is 16.1 Å². The van der Waals surface area contributed by atoms with Gasteiger partial charge in [0.25, 0.3) is 15.9 Å². The molecule has 4 rings (SSSR count). The number of nitrogens with zero attached hydrogens (tertiary/aromatic N) is 1. The minimum atomic E-state index is -3.69. The summed E-state index contributed by atoms with van der Waals surface area (Å²) < 4.78 is 27.6. The van der Waals surface area contributed by atoms with Gasteiger partial charge in [0.05, 0.1) is 15.6 Å². The van der Waals surface area contributed by atoms with Crippen LogP contribution in [0, 0.1) is 13.8 Å². The standard InChI is InChI=1S/C24H21N3O3S2/c1-16-8-14-21(15-9-16)32(29,30)27-20-12-10-19(11-13-20)26-24(28)23-22(25-17(2)31-23)18-6-4-3-5-7-18/h3-15,27H,1-2H3,(H,26,28). The largest absolute Gasteiger partial charge is 0.321 e. The molecule has 162 valence electrons. The second-order valence-corrected chi connectivity index (χ2v) is 10.1. The lowest BCUT2D eigenvalue weighted by Crippen LogP contribution is -2.13. The predicted octanol–water partition coefficient (Wildman–Crippen LogP) is 5.48. The number of nitrogens with one attached hydrogen (secondary N) is 2. The molecule has 1 aromatic heterocycles. The first kappa shape index (κ1) is 21.7. The number of hydrogen-bond donors (Lipinski definition) is 2. The number of carbonyl (C=O) groups excluding carboxylic acids is 1. The minimum absolute atomic E-state index is 0.189. The topological polar surface area (TPSA) is 88.2 Å². The summed E-state index contributed by atoms with van der Waals surface area (Å²) in [4.78, 5) is 18.1. The van der Waals surface area contributed by atoms with Crippen LogP contribution in [-0.2, 0) is 10.0 Å². The molecule has 0 atom stereocenters. The van der Waals surface area contributed by atoms with Crippen molar-refractivity contribution in [1.82, 2.24) is 4.98 Å². The third-order valence-electron chi connectivity index (χ3n) is 4.71. The van der Waals surface area contributed by atoms with Crippen LogP contribution in [0.1, 0.15) is 20.2 Å². The quantitative estimate of drug-likeness (QED) is 0.396. The Labute approximate surface area is 191 Å². The van der Waals surface area contributed by atoms with E-state index in [9.17, 15) is 13.2 Å². The molecule has 0 bridgehead atoms. The fourth-order valence-electron chi connectivity index (χ4n) is 3.11. The number of carbonyl (C=O) groups is 1. The molecule has 4 aromatic rings. The summed E-state index contributed by atoms with van der Waals surface area (Å²) in [6, 6.07) is 22.7. The monoisotopic (exact) mass is 463 g/mol. The van der Waals surface area contributed by atoms with Gasteiger partial charge in [-0.15, -0.1) is 11.3 Å². The van der Waals surface area contributed by atoms with Crippen LogP contribution in [0.4, 0.5) is 11.4 Å². The fraction of sp³-hybridized carbons (Fsp3) is 0.0833. The lowest BCUT2D eigenvalue weighted by atomic mass is 10.1. The fourth-order valence-corrected chi connectivity index (χ4v) is 5.01. The molecule has 0 saturated carbocycles. The van der Waals surface area contributed by atoms with E-state index in [2.05, 4.69) is 15.0 Å². The van der Waals surface area contributed by atoms with Gasteiger partial charge in [0.1, 0.15) is 4.88 Å². The Hall–Kier alpha value is -3.49. The molecule has 0 unspecified atom stereocenters. The molecule has 0 saturated heterocycles. The van der Waals surface area contributed by atoms with Gasteiger partial charge in [-0.25, -0.2) is 13.4 Å². The van der Waals surface area contributed by atoms with Gasteiger partial charge in [-0.3, -0.25) is 9.52 Å². The Morgan fingerprint density at radius 1 is 0.844 bits per heavy atom. The normalized spacial score (nSPS) is 11.2. The van der Waals surface area contributed by atoms with E-state index >= 15 is 0 Å². The zero-order valence-corrected chi connectivity index (χ0v) is 19.1. The molecule has 32 heavy (non-hydrogen) atoms. The van der Waals surface area contributed by atoms with Crippen LogP contribution in [0.15, 0.2) is 83.8 Å². The van der Waals surface area contributed by atoms with Crippen LogP contribution in [0.2, 0.25) is 0 Å². The molecule has 0 spiro atoms. The zero-order valence-electron chi connectivity index (χ0n) is 17.5. The maximum absolute atomic E-state index is 12.9. The van der Waals surface area contributed by atoms with E-state index in [1.165, 1.54) is 11.3 Å². The highest BCUT2D eigenvalue weighted by molar-refractivity contribution is 7.92. The van der Waals surface area contributed by atoms with E-state index in [1.54, 1.807) is 48.5 Å². The molecule has 6 nitrogen and oxygen atoms in total. The van der Waals surface area contributed by atoms with E-state index in [4.69, 9.17) is 0 Å². The summed E-state index contributed by atoms with van der Waals surface area (Å²) >= 11 is 1.33. The van der Waals surface area contributed by atoms with Gasteiger partial charge in [-0.05, 0) is 50.2 Å². The van der Waals surface area contributed by atoms with Crippen molar-refractivity contribution in [3.05, 3.63) is 94.3 Å². The van der Waals surface area contributed by atoms with Crippen LogP contribution >= 0.6 is 11.3 Å². The smallest absolute Gasteiger partial charge is 0.268 e. The molecular weight excluding hydrogens is 442 g/mol. The van der Waals surface area contributed by atoms with Crippen LogP contribution in [0.25, 0.3) is 11.3 Å². The van der Waals surface area contributed by atoms with Gasteiger partial charge in [0.2, 0.25) is 0 Å². The van der Waals surface area contributed by atoms with Crippen molar-refractivity contribution in [1.29, 1.82) is 0 Å². The lowest BCUT2D eigenvalue weighted by Gasteiger charge is -2.10. The third-order valence-corrected chi connectivity index (χ3v) is 7.08. The third kappa shape index (κ3) is 4.87. The van der Waals surface area contributed by atoms with Gasteiger partial charge >= 0.3 is 0 Å². The number of thiazole rings is 1. The SMILES string of the molecule is Cc1ccc(S(=O)(=O)Nc2ccc(NC(=O)c3sc(C)nc3-c3ccccc3)cc2)cc1. The number of benzene rings is 3. The second-order valence-electron chi connectivity index (χ2n) is 7.23. The molecule has 0 fully saturated rings. The Kier molecular flexibility index (Phi) is 6.07. The number of sulfonamides is 1. The van der Waals surface area contributed by atoms with Crippen molar-refractivity contribution < 1.29 is 13.2 Å². The molecule has 8 heteroatoms. The summed E-state index contributed by atoms with van der Waals surface area (Å²) in [5.41, 5.74) is 3.46. The molecular formula is C24H21N3O3S2. The summed E-state index contributed by atoms with van der Waals surface area (Å²) in [5, 5.41) is 3.66. The zero-order chi connectivity index (χ0) is 22.7. The number of anilines is 2. The summed E-state index contributed by atoms with van der Waals surface area (Å²) in [7, 11) is -3.69. The highest BCUT2D eigenvalue weighted by Gasteiger charge is 2.19.